The number of hydrogen-bond donors (Lipinski definition) is 1. The monoisotopic (exact) mass is 280 g/mol. The molecule has 0 bridgehead atoms. The van der Waals surface area contributed by atoms with E-state index in [1.807, 2.05) is 0 Å². The highest BCUT2D eigenvalue weighted by Crippen LogP contribution is 2.26. The van der Waals surface area contributed by atoms with Crippen LogP contribution in [0.2, 0.25) is 5.02 Å². The standard InChI is InChI=1S/C13H10ClFN2O2/c1-19-13-7-16-6-12(18)9(13)5-17-8-2-3-11(15)10(14)4-8/h2-7,18H,1H3. The van der Waals surface area contributed by atoms with Gasteiger partial charge in [-0.15, -0.1) is 0 Å². The molecule has 0 aliphatic rings. The number of hydrogen-bond acceptors (Lipinski definition) is 4. The maximum absolute atomic E-state index is 13.0. The van der Waals surface area contributed by atoms with Crippen molar-refractivity contribution in [2.24, 2.45) is 4.99 Å². The van der Waals surface area contributed by atoms with Gasteiger partial charge in [0.15, 0.2) is 0 Å². The molecule has 0 amide bonds. The molecule has 1 N–H and O–H groups in total. The van der Waals surface area contributed by atoms with Crippen molar-refractivity contribution < 1.29 is 14.2 Å². The van der Waals surface area contributed by atoms with E-state index in [-0.39, 0.29) is 10.8 Å². The molecule has 0 fully saturated rings. The molecule has 4 nitrogen and oxygen atoms in total. The van der Waals surface area contributed by atoms with Crippen LogP contribution in [0.25, 0.3) is 0 Å². The van der Waals surface area contributed by atoms with Crippen LogP contribution in [0.3, 0.4) is 0 Å². The lowest BCUT2D eigenvalue weighted by Gasteiger charge is -2.05. The van der Waals surface area contributed by atoms with Crippen LogP contribution < -0.4 is 4.74 Å². The number of methoxy groups -OCH3 is 1. The van der Waals surface area contributed by atoms with Gasteiger partial charge < -0.3 is 9.84 Å². The lowest BCUT2D eigenvalue weighted by Crippen LogP contribution is -1.92. The second-order valence-electron chi connectivity index (χ2n) is 3.63. The minimum Gasteiger partial charge on any atom is -0.506 e. The summed E-state index contributed by atoms with van der Waals surface area (Å²) in [6.45, 7) is 0. The van der Waals surface area contributed by atoms with Gasteiger partial charge >= 0.3 is 0 Å². The van der Waals surface area contributed by atoms with E-state index in [9.17, 15) is 9.50 Å². The second-order valence-corrected chi connectivity index (χ2v) is 4.04. The van der Waals surface area contributed by atoms with Gasteiger partial charge in [-0.25, -0.2) is 4.39 Å². The number of aromatic nitrogens is 1. The first kappa shape index (κ1) is 13.3. The molecule has 0 saturated carbocycles. The summed E-state index contributed by atoms with van der Waals surface area (Å²) in [5, 5.41) is 9.67. The fourth-order valence-electron chi connectivity index (χ4n) is 1.44. The normalized spacial score (nSPS) is 10.9. The average Bonchev–Trinajstić information content (AvgIpc) is 2.41. The van der Waals surface area contributed by atoms with Gasteiger partial charge in [0.05, 0.1) is 35.8 Å². The minimum atomic E-state index is -0.509. The maximum Gasteiger partial charge on any atom is 0.149 e. The summed E-state index contributed by atoms with van der Waals surface area (Å²) < 4.78 is 18.1. The Bertz CT molecular complexity index is 632. The van der Waals surface area contributed by atoms with Gasteiger partial charge in [-0.05, 0) is 18.2 Å². The van der Waals surface area contributed by atoms with E-state index in [1.165, 1.54) is 43.9 Å². The third-order valence-corrected chi connectivity index (χ3v) is 2.69. The molecule has 0 spiro atoms. The Hall–Kier alpha value is -2.14. The Kier molecular flexibility index (Phi) is 3.97. The van der Waals surface area contributed by atoms with E-state index in [0.717, 1.165) is 0 Å². The average molecular weight is 281 g/mol. The Labute approximate surface area is 114 Å². The summed E-state index contributed by atoms with van der Waals surface area (Å²) in [6, 6.07) is 4.08. The van der Waals surface area contributed by atoms with Gasteiger partial charge in [0.25, 0.3) is 0 Å². The van der Waals surface area contributed by atoms with Crippen LogP contribution in [0.4, 0.5) is 10.1 Å². The molecule has 0 aliphatic heterocycles. The molecule has 2 aromatic rings. The van der Waals surface area contributed by atoms with Crippen molar-refractivity contribution in [2.75, 3.05) is 7.11 Å². The van der Waals surface area contributed by atoms with Crippen LogP contribution in [0.15, 0.2) is 35.6 Å². The van der Waals surface area contributed by atoms with E-state index in [0.29, 0.717) is 17.0 Å². The van der Waals surface area contributed by atoms with E-state index in [2.05, 4.69) is 9.98 Å². The molecule has 0 saturated heterocycles. The molecule has 0 aliphatic carbocycles. The molecule has 98 valence electrons. The molecule has 19 heavy (non-hydrogen) atoms. The third-order valence-electron chi connectivity index (χ3n) is 2.40. The fourth-order valence-corrected chi connectivity index (χ4v) is 1.61. The van der Waals surface area contributed by atoms with Gasteiger partial charge in [-0.1, -0.05) is 11.6 Å². The number of nitrogens with zero attached hydrogens (tertiary/aromatic N) is 2. The molecule has 6 heteroatoms. The Morgan fingerprint density at radius 2 is 2.21 bits per heavy atom. The summed E-state index contributed by atoms with van der Waals surface area (Å²) >= 11 is 5.65. The van der Waals surface area contributed by atoms with Crippen molar-refractivity contribution in [1.82, 2.24) is 4.98 Å². The van der Waals surface area contributed by atoms with Crippen LogP contribution in [-0.2, 0) is 0 Å². The maximum atomic E-state index is 13.0. The summed E-state index contributed by atoms with van der Waals surface area (Å²) in [5.74, 6) is -0.182. The smallest absolute Gasteiger partial charge is 0.149 e. The molecule has 2 rings (SSSR count). The number of halogens is 2. The zero-order valence-corrected chi connectivity index (χ0v) is 10.7. The highest BCUT2D eigenvalue weighted by molar-refractivity contribution is 6.31. The zero-order chi connectivity index (χ0) is 13.8. The predicted molar refractivity (Wildman–Crippen MR) is 71.1 cm³/mol. The second kappa shape index (κ2) is 5.67. The predicted octanol–water partition coefficient (Wildman–Crippen LogP) is 3.34. The van der Waals surface area contributed by atoms with Crippen molar-refractivity contribution >= 4 is 23.5 Å². The fraction of sp³-hybridized carbons (Fsp3) is 0.0769. The quantitative estimate of drug-likeness (QED) is 0.877. The molecular formula is C13H10ClFN2O2. The molecule has 1 aromatic heterocycles. The van der Waals surface area contributed by atoms with Crippen LogP contribution >= 0.6 is 11.6 Å². The number of aliphatic imine (C=N–C) groups is 1. The highest BCUT2D eigenvalue weighted by Gasteiger charge is 2.06. The van der Waals surface area contributed by atoms with Gasteiger partial charge in [0.2, 0.25) is 0 Å². The van der Waals surface area contributed by atoms with Crippen LogP contribution in [-0.4, -0.2) is 23.4 Å². The van der Waals surface area contributed by atoms with Crippen LogP contribution in [0.5, 0.6) is 11.5 Å². The number of rotatable bonds is 3. The molecule has 1 aromatic carbocycles. The molecule has 0 atom stereocenters. The Morgan fingerprint density at radius 1 is 1.42 bits per heavy atom. The molecular weight excluding hydrogens is 271 g/mol. The SMILES string of the molecule is COc1cncc(O)c1C=Nc1ccc(F)c(Cl)c1. The largest absolute Gasteiger partial charge is 0.506 e. The van der Waals surface area contributed by atoms with Gasteiger partial charge in [0.1, 0.15) is 17.3 Å². The van der Waals surface area contributed by atoms with Gasteiger partial charge in [-0.3, -0.25) is 9.98 Å². The molecule has 0 radical (unpaired) electrons. The van der Waals surface area contributed by atoms with Crippen molar-refractivity contribution in [3.05, 3.63) is 47.0 Å². The number of benzene rings is 1. The van der Waals surface area contributed by atoms with Crippen molar-refractivity contribution in [2.45, 2.75) is 0 Å². The van der Waals surface area contributed by atoms with Crippen molar-refractivity contribution in [3.8, 4) is 11.5 Å². The van der Waals surface area contributed by atoms with Crippen LogP contribution in [0, 0.1) is 5.82 Å². The number of ether oxygens (including phenoxy) is 1. The zero-order valence-electron chi connectivity index (χ0n) is 9.97. The van der Waals surface area contributed by atoms with Crippen LogP contribution in [0.1, 0.15) is 5.56 Å². The number of pyridine rings is 1. The lowest BCUT2D eigenvalue weighted by atomic mass is 10.2. The first-order valence-corrected chi connectivity index (χ1v) is 5.69. The summed E-state index contributed by atoms with van der Waals surface area (Å²) in [4.78, 5) is 7.89. The molecule has 0 unspecified atom stereocenters. The highest BCUT2D eigenvalue weighted by atomic mass is 35.5. The minimum absolute atomic E-state index is 0.0134. The summed E-state index contributed by atoms with van der Waals surface area (Å²) in [6.07, 6.45) is 4.14. The van der Waals surface area contributed by atoms with E-state index >= 15 is 0 Å². The first-order chi connectivity index (χ1) is 9.11. The van der Waals surface area contributed by atoms with E-state index in [1.54, 1.807) is 0 Å². The van der Waals surface area contributed by atoms with Gasteiger partial charge in [-0.2, -0.15) is 0 Å². The van der Waals surface area contributed by atoms with Crippen molar-refractivity contribution in [3.63, 3.8) is 0 Å². The lowest BCUT2D eigenvalue weighted by molar-refractivity contribution is 0.403. The van der Waals surface area contributed by atoms with Gasteiger partial charge in [0, 0.05) is 6.21 Å². The van der Waals surface area contributed by atoms with E-state index in [4.69, 9.17) is 16.3 Å². The third kappa shape index (κ3) is 3.00. The summed E-state index contributed by atoms with van der Waals surface area (Å²) in [7, 11) is 1.46. The molecule has 1 heterocycles. The van der Waals surface area contributed by atoms with Crippen molar-refractivity contribution in [1.29, 1.82) is 0 Å². The Balaban J connectivity index is 2.35. The first-order valence-electron chi connectivity index (χ1n) is 5.32. The number of aromatic hydroxyl groups is 1. The topological polar surface area (TPSA) is 54.7 Å². The summed E-state index contributed by atoms with van der Waals surface area (Å²) in [5.41, 5.74) is 0.850. The van der Waals surface area contributed by atoms with E-state index < -0.39 is 5.82 Å². The Morgan fingerprint density at radius 3 is 2.89 bits per heavy atom.